The zero-order valence-electron chi connectivity index (χ0n) is 10.6. The first-order valence-electron chi connectivity index (χ1n) is 7.08. The molecule has 2 aliphatic rings. The Morgan fingerprint density at radius 2 is 1.81 bits per heavy atom. The van der Waals surface area contributed by atoms with Gasteiger partial charge in [0.15, 0.2) is 0 Å². The van der Waals surface area contributed by atoms with Crippen LogP contribution in [0.5, 0.6) is 0 Å². The van der Waals surface area contributed by atoms with Crippen molar-refractivity contribution in [2.75, 3.05) is 13.1 Å². The second-order valence-electron chi connectivity index (χ2n) is 5.48. The number of rotatable bonds is 4. The molecule has 1 unspecified atom stereocenters. The van der Waals surface area contributed by atoms with Gasteiger partial charge in [0.2, 0.25) is 0 Å². The Kier molecular flexibility index (Phi) is 4.39. The van der Waals surface area contributed by atoms with Crippen LogP contribution in [0.15, 0.2) is 0 Å². The Hall–Kier alpha value is -0.370. The summed E-state index contributed by atoms with van der Waals surface area (Å²) < 4.78 is 0. The van der Waals surface area contributed by atoms with Crippen molar-refractivity contribution < 1.29 is 4.79 Å². The van der Waals surface area contributed by atoms with Gasteiger partial charge < -0.3 is 0 Å². The summed E-state index contributed by atoms with van der Waals surface area (Å²) in [6, 6.07) is 0.680. The second kappa shape index (κ2) is 5.81. The van der Waals surface area contributed by atoms with Gasteiger partial charge in [-0.25, -0.2) is 0 Å². The molecule has 1 atom stereocenters. The highest BCUT2D eigenvalue weighted by molar-refractivity contribution is 5.83. The molecule has 2 rings (SSSR count). The van der Waals surface area contributed by atoms with Crippen LogP contribution in [0.25, 0.3) is 0 Å². The van der Waals surface area contributed by atoms with E-state index in [1.165, 1.54) is 38.5 Å². The lowest BCUT2D eigenvalue weighted by Gasteiger charge is -2.35. The minimum Gasteiger partial charge on any atom is -0.298 e. The molecule has 92 valence electrons. The van der Waals surface area contributed by atoms with E-state index < -0.39 is 0 Å². The fourth-order valence-electron chi connectivity index (χ4n) is 3.31. The smallest absolute Gasteiger partial charge is 0.149 e. The molecule has 0 bridgehead atoms. The Morgan fingerprint density at radius 1 is 1.12 bits per heavy atom. The van der Waals surface area contributed by atoms with Crippen LogP contribution in [0.3, 0.4) is 0 Å². The topological polar surface area (TPSA) is 20.3 Å². The quantitative estimate of drug-likeness (QED) is 0.730. The van der Waals surface area contributed by atoms with Gasteiger partial charge in [-0.05, 0) is 38.6 Å². The Bertz CT molecular complexity index is 233. The lowest BCUT2D eigenvalue weighted by atomic mass is 9.97. The highest BCUT2D eigenvalue weighted by Crippen LogP contribution is 2.27. The third kappa shape index (κ3) is 2.85. The average molecular weight is 223 g/mol. The lowest BCUT2D eigenvalue weighted by molar-refractivity contribution is -0.124. The van der Waals surface area contributed by atoms with E-state index in [9.17, 15) is 4.79 Å². The van der Waals surface area contributed by atoms with Crippen LogP contribution in [-0.2, 0) is 4.79 Å². The van der Waals surface area contributed by atoms with Gasteiger partial charge in [-0.2, -0.15) is 0 Å². The maximum atomic E-state index is 12.1. The van der Waals surface area contributed by atoms with Crippen molar-refractivity contribution in [3.63, 3.8) is 0 Å². The van der Waals surface area contributed by atoms with Crippen LogP contribution in [0.4, 0.5) is 0 Å². The number of nitrogens with zero attached hydrogens (tertiary/aromatic N) is 1. The largest absolute Gasteiger partial charge is 0.298 e. The van der Waals surface area contributed by atoms with E-state index in [1.54, 1.807) is 0 Å². The number of hydrogen-bond donors (Lipinski definition) is 0. The number of carbonyl (C=O) groups excluding carboxylic acids is 1. The van der Waals surface area contributed by atoms with Crippen molar-refractivity contribution in [2.45, 2.75) is 64.3 Å². The highest BCUT2D eigenvalue weighted by atomic mass is 16.1. The zero-order chi connectivity index (χ0) is 11.4. The fraction of sp³-hybridized carbons (Fsp3) is 0.929. The van der Waals surface area contributed by atoms with Crippen LogP contribution >= 0.6 is 0 Å². The summed E-state index contributed by atoms with van der Waals surface area (Å²) in [4.78, 5) is 14.6. The fourth-order valence-corrected chi connectivity index (χ4v) is 3.31. The minimum absolute atomic E-state index is 0.402. The first-order chi connectivity index (χ1) is 7.81. The molecule has 1 aliphatic carbocycles. The summed E-state index contributed by atoms with van der Waals surface area (Å²) in [7, 11) is 0. The molecule has 2 nitrogen and oxygen atoms in total. The van der Waals surface area contributed by atoms with Crippen molar-refractivity contribution in [1.82, 2.24) is 4.90 Å². The van der Waals surface area contributed by atoms with E-state index in [0.29, 0.717) is 17.7 Å². The summed E-state index contributed by atoms with van der Waals surface area (Å²) in [6.45, 7) is 4.14. The van der Waals surface area contributed by atoms with E-state index >= 15 is 0 Å². The maximum Gasteiger partial charge on any atom is 0.149 e. The molecule has 0 spiro atoms. The summed E-state index contributed by atoms with van der Waals surface area (Å²) in [6.07, 6.45) is 10.0. The zero-order valence-corrected chi connectivity index (χ0v) is 10.6. The first kappa shape index (κ1) is 12.1. The number of likely N-dealkylation sites (tertiary alicyclic amines) is 1. The van der Waals surface area contributed by atoms with E-state index in [1.807, 2.05) is 0 Å². The van der Waals surface area contributed by atoms with Gasteiger partial charge in [-0.15, -0.1) is 0 Å². The van der Waals surface area contributed by atoms with E-state index in [-0.39, 0.29) is 0 Å². The van der Waals surface area contributed by atoms with Crippen LogP contribution in [0.1, 0.15) is 58.3 Å². The normalized spacial score (nSPS) is 28.4. The number of Topliss-reactive ketones (excluding diaryl/α,β-unsaturated/α-hetero) is 1. The van der Waals surface area contributed by atoms with E-state index in [4.69, 9.17) is 0 Å². The Labute approximate surface area is 99.4 Å². The van der Waals surface area contributed by atoms with Crippen molar-refractivity contribution in [3.05, 3.63) is 0 Å². The molecule has 16 heavy (non-hydrogen) atoms. The predicted octanol–water partition coefficient (Wildman–Crippen LogP) is 3.01. The van der Waals surface area contributed by atoms with Crippen LogP contribution in [-0.4, -0.2) is 29.8 Å². The molecule has 0 amide bonds. The third-order valence-corrected chi connectivity index (χ3v) is 4.39. The number of hydrogen-bond acceptors (Lipinski definition) is 2. The number of piperidine rings is 1. The number of carbonyl (C=O) groups is 1. The first-order valence-corrected chi connectivity index (χ1v) is 7.08. The lowest BCUT2D eigenvalue weighted by Crippen LogP contribution is -2.43. The van der Waals surface area contributed by atoms with Crippen LogP contribution in [0.2, 0.25) is 0 Å². The molecule has 0 radical (unpaired) electrons. The molecular weight excluding hydrogens is 198 g/mol. The summed E-state index contributed by atoms with van der Waals surface area (Å²) >= 11 is 0. The summed E-state index contributed by atoms with van der Waals surface area (Å²) in [5.41, 5.74) is 0. The van der Waals surface area contributed by atoms with Crippen LogP contribution < -0.4 is 0 Å². The maximum absolute atomic E-state index is 12.1. The Morgan fingerprint density at radius 3 is 2.50 bits per heavy atom. The molecule has 1 saturated carbocycles. The van der Waals surface area contributed by atoms with Gasteiger partial charge in [0.1, 0.15) is 5.78 Å². The molecule has 0 aromatic carbocycles. The molecule has 2 heteroatoms. The molecular formula is C14H25NO. The van der Waals surface area contributed by atoms with Gasteiger partial charge in [-0.1, -0.05) is 26.2 Å². The third-order valence-electron chi connectivity index (χ3n) is 4.39. The number of ketones is 1. The van der Waals surface area contributed by atoms with Gasteiger partial charge in [0.25, 0.3) is 0 Å². The van der Waals surface area contributed by atoms with Crippen molar-refractivity contribution in [3.8, 4) is 0 Å². The molecule has 2 fully saturated rings. The summed E-state index contributed by atoms with van der Waals surface area (Å²) in [5, 5.41) is 0. The standard InChI is InChI=1S/C14H25NO/c1-2-13-9-5-6-10-15(13)11-14(16)12-7-3-4-8-12/h12-13H,2-11H2,1H3. The predicted molar refractivity (Wildman–Crippen MR) is 66.5 cm³/mol. The van der Waals surface area contributed by atoms with Gasteiger partial charge in [-0.3, -0.25) is 9.69 Å². The average Bonchev–Trinajstić information content (AvgIpc) is 2.83. The Balaban J connectivity index is 1.84. The summed E-state index contributed by atoms with van der Waals surface area (Å²) in [5.74, 6) is 0.928. The van der Waals surface area contributed by atoms with Gasteiger partial charge in [0.05, 0.1) is 6.54 Å². The molecule has 1 saturated heterocycles. The second-order valence-corrected chi connectivity index (χ2v) is 5.48. The monoisotopic (exact) mass is 223 g/mol. The minimum atomic E-state index is 0.402. The SMILES string of the molecule is CCC1CCCCN1CC(=O)C1CCCC1. The van der Waals surface area contributed by atoms with Crippen molar-refractivity contribution >= 4 is 5.78 Å². The molecule has 0 aromatic rings. The molecule has 0 aromatic heterocycles. The molecule has 0 N–H and O–H groups in total. The van der Waals surface area contributed by atoms with E-state index in [2.05, 4.69) is 11.8 Å². The molecule has 1 aliphatic heterocycles. The van der Waals surface area contributed by atoms with Gasteiger partial charge in [0, 0.05) is 12.0 Å². The van der Waals surface area contributed by atoms with Crippen molar-refractivity contribution in [1.29, 1.82) is 0 Å². The van der Waals surface area contributed by atoms with Crippen LogP contribution in [0, 0.1) is 5.92 Å². The van der Waals surface area contributed by atoms with E-state index in [0.717, 1.165) is 25.9 Å². The van der Waals surface area contributed by atoms with Crippen molar-refractivity contribution in [2.24, 2.45) is 5.92 Å². The van der Waals surface area contributed by atoms with Gasteiger partial charge >= 0.3 is 0 Å². The highest BCUT2D eigenvalue weighted by Gasteiger charge is 2.27. The molecule has 1 heterocycles.